The van der Waals surface area contributed by atoms with Gasteiger partial charge in [-0.1, -0.05) is 6.07 Å². The van der Waals surface area contributed by atoms with E-state index in [4.69, 9.17) is 4.74 Å². The van der Waals surface area contributed by atoms with Crippen LogP contribution in [-0.2, 0) is 32.4 Å². The molecule has 0 radical (unpaired) electrons. The molecule has 2 heterocycles. The third-order valence-corrected chi connectivity index (χ3v) is 4.96. The van der Waals surface area contributed by atoms with E-state index in [9.17, 15) is 4.79 Å². The highest BCUT2D eigenvalue weighted by molar-refractivity contribution is 5.94. The van der Waals surface area contributed by atoms with Crippen molar-refractivity contribution < 1.29 is 9.53 Å². The van der Waals surface area contributed by atoms with Crippen LogP contribution in [0.1, 0.15) is 44.9 Å². The van der Waals surface area contributed by atoms with Crippen LogP contribution >= 0.6 is 0 Å². The molecule has 2 aromatic rings. The molecule has 126 valence electrons. The lowest BCUT2D eigenvalue weighted by molar-refractivity contribution is 0.0944. The lowest BCUT2D eigenvalue weighted by Crippen LogP contribution is -2.28. The summed E-state index contributed by atoms with van der Waals surface area (Å²) in [6.45, 7) is 2.08. The number of benzene rings is 1. The number of hydrogen-bond donors (Lipinski definition) is 3. The Labute approximate surface area is 141 Å². The number of aromatic nitrogens is 2. The zero-order valence-corrected chi connectivity index (χ0v) is 13.9. The molecule has 0 spiro atoms. The van der Waals surface area contributed by atoms with Gasteiger partial charge in [0.2, 0.25) is 0 Å². The number of amides is 1. The van der Waals surface area contributed by atoms with Gasteiger partial charge in [0.1, 0.15) is 5.75 Å². The number of fused-ring (bicyclic) bond motifs is 2. The fraction of sp³-hybridized carbons (Fsp3) is 0.444. The summed E-state index contributed by atoms with van der Waals surface area (Å²) in [6, 6.07) is 4.29. The number of aromatic amines is 1. The molecule has 1 aliphatic carbocycles. The molecular weight excluding hydrogens is 304 g/mol. The summed E-state index contributed by atoms with van der Waals surface area (Å²) in [7, 11) is 1.68. The van der Waals surface area contributed by atoms with E-state index in [0.29, 0.717) is 12.2 Å². The van der Waals surface area contributed by atoms with E-state index in [0.717, 1.165) is 54.9 Å². The Hall–Kier alpha value is -2.34. The number of aryl methyl sites for hydroxylation is 2. The van der Waals surface area contributed by atoms with Crippen molar-refractivity contribution in [3.05, 3.63) is 45.8 Å². The average molecular weight is 326 g/mol. The summed E-state index contributed by atoms with van der Waals surface area (Å²) in [6.07, 6.45) is 4.25. The van der Waals surface area contributed by atoms with Crippen LogP contribution in [0.3, 0.4) is 0 Å². The molecule has 0 atom stereocenters. The Kier molecular flexibility index (Phi) is 3.98. The van der Waals surface area contributed by atoms with Crippen LogP contribution in [0.2, 0.25) is 0 Å². The Balaban J connectivity index is 1.51. The first-order chi connectivity index (χ1) is 11.8. The van der Waals surface area contributed by atoms with Gasteiger partial charge < -0.3 is 15.4 Å². The first-order valence-corrected chi connectivity index (χ1v) is 8.50. The van der Waals surface area contributed by atoms with Crippen molar-refractivity contribution in [2.24, 2.45) is 0 Å². The molecule has 0 saturated carbocycles. The fourth-order valence-electron chi connectivity index (χ4n) is 3.67. The smallest absolute Gasteiger partial charge is 0.272 e. The van der Waals surface area contributed by atoms with E-state index in [2.05, 4.69) is 33.0 Å². The summed E-state index contributed by atoms with van der Waals surface area (Å²) in [5.41, 5.74) is 6.34. The van der Waals surface area contributed by atoms with Crippen LogP contribution in [0.25, 0.3) is 0 Å². The second-order valence-corrected chi connectivity index (χ2v) is 6.43. The molecule has 6 nitrogen and oxygen atoms in total. The van der Waals surface area contributed by atoms with Crippen molar-refractivity contribution in [1.82, 2.24) is 20.8 Å². The predicted molar refractivity (Wildman–Crippen MR) is 90.2 cm³/mol. The van der Waals surface area contributed by atoms with E-state index in [1.54, 1.807) is 7.11 Å². The largest absolute Gasteiger partial charge is 0.496 e. The van der Waals surface area contributed by atoms with Gasteiger partial charge in [0, 0.05) is 24.2 Å². The van der Waals surface area contributed by atoms with E-state index in [1.165, 1.54) is 17.5 Å². The number of H-pyrrole nitrogens is 1. The second kappa shape index (κ2) is 6.28. The Morgan fingerprint density at radius 2 is 2.12 bits per heavy atom. The average Bonchev–Trinajstić information content (AvgIpc) is 3.24. The summed E-state index contributed by atoms with van der Waals surface area (Å²) in [4.78, 5) is 12.5. The highest BCUT2D eigenvalue weighted by Gasteiger charge is 2.22. The van der Waals surface area contributed by atoms with E-state index in [1.807, 2.05) is 0 Å². The molecule has 24 heavy (non-hydrogen) atoms. The van der Waals surface area contributed by atoms with Crippen molar-refractivity contribution in [2.45, 2.75) is 38.8 Å². The minimum absolute atomic E-state index is 0.128. The molecule has 2 aliphatic rings. The Bertz CT molecular complexity index is 782. The van der Waals surface area contributed by atoms with Gasteiger partial charge in [-0.05, 0) is 49.4 Å². The summed E-state index contributed by atoms with van der Waals surface area (Å²) >= 11 is 0. The molecule has 0 bridgehead atoms. The standard InChI is InChI=1S/C18H22N4O2/c1-24-16-8-12-4-2-3-11(12)7-13(16)9-20-18(23)17-14-5-6-19-10-15(14)21-22-17/h7-8,19H,2-6,9-10H2,1H3,(H,20,23)(H,21,22). The number of methoxy groups -OCH3 is 1. The molecule has 1 aliphatic heterocycles. The van der Waals surface area contributed by atoms with Gasteiger partial charge in [-0.25, -0.2) is 0 Å². The number of carbonyl (C=O) groups is 1. The summed E-state index contributed by atoms with van der Waals surface area (Å²) < 4.78 is 5.50. The third kappa shape index (κ3) is 2.67. The van der Waals surface area contributed by atoms with Gasteiger partial charge in [0.25, 0.3) is 5.91 Å². The van der Waals surface area contributed by atoms with Gasteiger partial charge in [0.15, 0.2) is 5.69 Å². The normalized spacial score (nSPS) is 15.7. The van der Waals surface area contributed by atoms with Crippen LogP contribution in [0.4, 0.5) is 0 Å². The highest BCUT2D eigenvalue weighted by atomic mass is 16.5. The van der Waals surface area contributed by atoms with Gasteiger partial charge in [-0.3, -0.25) is 9.89 Å². The molecule has 4 rings (SSSR count). The predicted octanol–water partition coefficient (Wildman–Crippen LogP) is 1.48. The maximum absolute atomic E-state index is 12.5. The monoisotopic (exact) mass is 326 g/mol. The molecular formula is C18H22N4O2. The molecule has 3 N–H and O–H groups in total. The third-order valence-electron chi connectivity index (χ3n) is 4.96. The number of ether oxygens (including phenoxy) is 1. The zero-order valence-electron chi connectivity index (χ0n) is 13.9. The van der Waals surface area contributed by atoms with E-state index < -0.39 is 0 Å². The van der Waals surface area contributed by atoms with Crippen molar-refractivity contribution in [2.75, 3.05) is 13.7 Å². The minimum Gasteiger partial charge on any atom is -0.496 e. The number of nitrogens with one attached hydrogen (secondary N) is 3. The number of rotatable bonds is 4. The molecule has 1 amide bonds. The second-order valence-electron chi connectivity index (χ2n) is 6.43. The highest BCUT2D eigenvalue weighted by Crippen LogP contribution is 2.29. The van der Waals surface area contributed by atoms with Gasteiger partial charge in [0.05, 0.1) is 12.8 Å². The Morgan fingerprint density at radius 3 is 2.96 bits per heavy atom. The first kappa shape index (κ1) is 15.2. The number of hydrogen-bond acceptors (Lipinski definition) is 4. The van der Waals surface area contributed by atoms with E-state index >= 15 is 0 Å². The van der Waals surface area contributed by atoms with Crippen LogP contribution < -0.4 is 15.4 Å². The van der Waals surface area contributed by atoms with Crippen molar-refractivity contribution in [3.63, 3.8) is 0 Å². The quantitative estimate of drug-likeness (QED) is 0.795. The number of carbonyl (C=O) groups excluding carboxylic acids is 1. The molecule has 0 fully saturated rings. The van der Waals surface area contributed by atoms with Crippen LogP contribution in [-0.4, -0.2) is 29.8 Å². The van der Waals surface area contributed by atoms with Gasteiger partial charge in [-0.15, -0.1) is 0 Å². The van der Waals surface area contributed by atoms with Crippen LogP contribution in [0.15, 0.2) is 12.1 Å². The van der Waals surface area contributed by atoms with Gasteiger partial charge >= 0.3 is 0 Å². The SMILES string of the molecule is COc1cc2c(cc1CNC(=O)c1n[nH]c3c1CCNC3)CCC2. The minimum atomic E-state index is -0.128. The van der Waals surface area contributed by atoms with Crippen molar-refractivity contribution >= 4 is 5.91 Å². The Morgan fingerprint density at radius 1 is 1.29 bits per heavy atom. The van der Waals surface area contributed by atoms with Crippen molar-refractivity contribution in [3.8, 4) is 5.75 Å². The van der Waals surface area contributed by atoms with E-state index in [-0.39, 0.29) is 5.91 Å². The summed E-state index contributed by atoms with van der Waals surface area (Å²) in [5, 5.41) is 13.4. The molecule has 1 aromatic heterocycles. The van der Waals surface area contributed by atoms with Crippen LogP contribution in [0, 0.1) is 0 Å². The number of nitrogens with zero attached hydrogens (tertiary/aromatic N) is 1. The first-order valence-electron chi connectivity index (χ1n) is 8.50. The maximum Gasteiger partial charge on any atom is 0.272 e. The summed E-state index contributed by atoms with van der Waals surface area (Å²) in [5.74, 6) is 0.723. The molecule has 6 heteroatoms. The molecule has 0 unspecified atom stereocenters. The maximum atomic E-state index is 12.5. The van der Waals surface area contributed by atoms with Crippen LogP contribution in [0.5, 0.6) is 5.75 Å². The molecule has 1 aromatic carbocycles. The fourth-order valence-corrected chi connectivity index (χ4v) is 3.67. The molecule has 0 saturated heterocycles. The topological polar surface area (TPSA) is 79.0 Å². The lowest BCUT2D eigenvalue weighted by Gasteiger charge is -2.14. The van der Waals surface area contributed by atoms with Crippen molar-refractivity contribution in [1.29, 1.82) is 0 Å². The van der Waals surface area contributed by atoms with Gasteiger partial charge in [-0.2, -0.15) is 5.10 Å². The zero-order chi connectivity index (χ0) is 16.5. The lowest BCUT2D eigenvalue weighted by atomic mass is 10.0.